The maximum absolute atomic E-state index is 5.59. The lowest BCUT2D eigenvalue weighted by Gasteiger charge is -2.12. The van der Waals surface area contributed by atoms with Gasteiger partial charge in [0.2, 0.25) is 0 Å². The number of nitrogens with zero attached hydrogens (tertiary/aromatic N) is 2. The van der Waals surface area contributed by atoms with Crippen LogP contribution in [0.4, 0.5) is 0 Å². The average molecular weight is 168 g/mol. The van der Waals surface area contributed by atoms with Crippen LogP contribution >= 0.6 is 0 Å². The number of rotatable bonds is 3. The van der Waals surface area contributed by atoms with Gasteiger partial charge in [0.1, 0.15) is 0 Å². The van der Waals surface area contributed by atoms with Crippen molar-refractivity contribution < 1.29 is 0 Å². The quantitative estimate of drug-likeness (QED) is 0.665. The Bertz CT molecular complexity index is 250. The van der Waals surface area contributed by atoms with Crippen LogP contribution in [0.25, 0.3) is 0 Å². The molecular weight excluding hydrogens is 152 g/mol. The molecule has 1 atom stereocenters. The predicted molar refractivity (Wildman–Crippen MR) is 48.8 cm³/mol. The van der Waals surface area contributed by atoms with Gasteiger partial charge in [-0.3, -0.25) is 4.68 Å². The van der Waals surface area contributed by atoms with Gasteiger partial charge in [-0.15, -0.1) is 0 Å². The Morgan fingerprint density at radius 1 is 1.75 bits per heavy atom. The Hall–Kier alpha value is -0.870. The smallest absolute Gasteiger partial charge is 0.0540 e. The van der Waals surface area contributed by atoms with Gasteiger partial charge in [0.05, 0.1) is 6.20 Å². The van der Waals surface area contributed by atoms with Crippen LogP contribution in [0.1, 0.15) is 17.3 Å². The molecule has 1 heterocycles. The third-order valence-corrected chi connectivity index (χ3v) is 2.23. The van der Waals surface area contributed by atoms with Crippen molar-refractivity contribution in [2.75, 3.05) is 13.6 Å². The second-order valence-corrected chi connectivity index (χ2v) is 2.89. The van der Waals surface area contributed by atoms with Crippen LogP contribution in [-0.2, 0) is 7.05 Å². The van der Waals surface area contributed by atoms with E-state index >= 15 is 0 Å². The number of nitrogens with two attached hydrogens (primary N) is 1. The Labute approximate surface area is 72.8 Å². The van der Waals surface area contributed by atoms with Crippen LogP contribution in [-0.4, -0.2) is 23.4 Å². The number of aryl methyl sites for hydroxylation is 1. The third kappa shape index (κ3) is 1.49. The molecule has 1 rings (SSSR count). The van der Waals surface area contributed by atoms with Crippen LogP contribution in [0.15, 0.2) is 6.20 Å². The van der Waals surface area contributed by atoms with Crippen LogP contribution in [0, 0.1) is 6.92 Å². The summed E-state index contributed by atoms with van der Waals surface area (Å²) in [7, 11) is 3.84. The van der Waals surface area contributed by atoms with Gasteiger partial charge >= 0.3 is 0 Å². The zero-order valence-electron chi connectivity index (χ0n) is 7.83. The fourth-order valence-corrected chi connectivity index (χ4v) is 1.26. The first-order valence-corrected chi connectivity index (χ1v) is 4.06. The van der Waals surface area contributed by atoms with Crippen LogP contribution < -0.4 is 11.1 Å². The van der Waals surface area contributed by atoms with Gasteiger partial charge in [-0.1, -0.05) is 0 Å². The maximum atomic E-state index is 5.59. The predicted octanol–water partition coefficient (Wildman–Crippen LogP) is -0.0523. The fraction of sp³-hybridized carbons (Fsp3) is 0.625. The van der Waals surface area contributed by atoms with Crippen molar-refractivity contribution in [1.82, 2.24) is 15.1 Å². The zero-order chi connectivity index (χ0) is 9.14. The highest BCUT2D eigenvalue weighted by Gasteiger charge is 2.12. The maximum Gasteiger partial charge on any atom is 0.0540 e. The molecule has 0 aliphatic rings. The molecule has 0 aromatic carbocycles. The molecule has 0 fully saturated rings. The van der Waals surface area contributed by atoms with Crippen LogP contribution in [0.3, 0.4) is 0 Å². The summed E-state index contributed by atoms with van der Waals surface area (Å²) < 4.78 is 1.86. The van der Waals surface area contributed by atoms with E-state index in [1.807, 2.05) is 31.9 Å². The molecule has 0 radical (unpaired) electrons. The zero-order valence-corrected chi connectivity index (χ0v) is 7.83. The van der Waals surface area contributed by atoms with E-state index in [-0.39, 0.29) is 6.04 Å². The molecule has 0 amide bonds. The van der Waals surface area contributed by atoms with E-state index in [4.69, 9.17) is 5.73 Å². The second kappa shape index (κ2) is 3.69. The summed E-state index contributed by atoms with van der Waals surface area (Å²) in [6.07, 6.45) is 1.86. The minimum absolute atomic E-state index is 0.221. The Morgan fingerprint density at radius 2 is 2.42 bits per heavy atom. The lowest BCUT2D eigenvalue weighted by Crippen LogP contribution is -2.25. The van der Waals surface area contributed by atoms with Gasteiger partial charge in [0.15, 0.2) is 0 Å². The second-order valence-electron chi connectivity index (χ2n) is 2.89. The summed E-state index contributed by atoms with van der Waals surface area (Å²) in [4.78, 5) is 0. The molecule has 0 bridgehead atoms. The first-order valence-electron chi connectivity index (χ1n) is 4.06. The van der Waals surface area contributed by atoms with E-state index in [0.29, 0.717) is 6.54 Å². The summed E-state index contributed by atoms with van der Waals surface area (Å²) >= 11 is 0. The van der Waals surface area contributed by atoms with Crippen molar-refractivity contribution in [3.05, 3.63) is 17.5 Å². The van der Waals surface area contributed by atoms with E-state index in [0.717, 1.165) is 0 Å². The number of hydrogen-bond donors (Lipinski definition) is 2. The Balaban J connectivity index is 2.93. The first-order chi connectivity index (χ1) is 5.70. The molecule has 0 saturated carbocycles. The molecule has 4 heteroatoms. The Morgan fingerprint density at radius 3 is 2.75 bits per heavy atom. The van der Waals surface area contributed by atoms with Crippen molar-refractivity contribution in [2.24, 2.45) is 12.8 Å². The molecule has 1 aromatic heterocycles. The van der Waals surface area contributed by atoms with E-state index < -0.39 is 0 Å². The lowest BCUT2D eigenvalue weighted by atomic mass is 10.1. The van der Waals surface area contributed by atoms with Crippen molar-refractivity contribution in [3.8, 4) is 0 Å². The largest absolute Gasteiger partial charge is 0.329 e. The summed E-state index contributed by atoms with van der Waals surface area (Å²) in [5.41, 5.74) is 7.94. The molecular formula is C8H16N4. The first kappa shape index (κ1) is 9.22. The number of aromatic nitrogens is 2. The van der Waals surface area contributed by atoms with Gasteiger partial charge < -0.3 is 11.1 Å². The van der Waals surface area contributed by atoms with Gasteiger partial charge in [-0.25, -0.2) is 0 Å². The molecule has 0 saturated heterocycles. The molecule has 68 valence electrons. The van der Waals surface area contributed by atoms with Gasteiger partial charge in [0, 0.05) is 30.9 Å². The molecule has 1 unspecified atom stereocenters. The molecule has 3 N–H and O–H groups in total. The number of hydrogen-bond acceptors (Lipinski definition) is 3. The fourth-order valence-electron chi connectivity index (χ4n) is 1.26. The van der Waals surface area contributed by atoms with E-state index in [2.05, 4.69) is 10.4 Å². The number of nitrogens with one attached hydrogen (secondary N) is 1. The molecule has 1 aromatic rings. The van der Waals surface area contributed by atoms with Gasteiger partial charge in [-0.05, 0) is 14.0 Å². The number of likely N-dealkylation sites (N-methyl/N-ethyl adjacent to an activating group) is 1. The van der Waals surface area contributed by atoms with Crippen molar-refractivity contribution in [2.45, 2.75) is 13.0 Å². The minimum Gasteiger partial charge on any atom is -0.329 e. The third-order valence-electron chi connectivity index (χ3n) is 2.23. The van der Waals surface area contributed by atoms with Crippen LogP contribution in [0.2, 0.25) is 0 Å². The van der Waals surface area contributed by atoms with E-state index in [1.54, 1.807) is 0 Å². The topological polar surface area (TPSA) is 55.9 Å². The molecule has 4 nitrogen and oxygen atoms in total. The van der Waals surface area contributed by atoms with Crippen molar-refractivity contribution >= 4 is 0 Å². The minimum atomic E-state index is 0.221. The monoisotopic (exact) mass is 168 g/mol. The summed E-state index contributed by atoms with van der Waals surface area (Å²) in [5, 5.41) is 7.30. The molecule has 0 spiro atoms. The standard InChI is InChI=1S/C8H16N4/c1-6-7(5-11-12(6)3)8(4-9)10-2/h5,8,10H,4,9H2,1-3H3. The molecule has 0 aliphatic heterocycles. The summed E-state index contributed by atoms with van der Waals surface area (Å²) in [5.74, 6) is 0. The summed E-state index contributed by atoms with van der Waals surface area (Å²) in [6.45, 7) is 2.64. The van der Waals surface area contributed by atoms with Crippen LogP contribution in [0.5, 0.6) is 0 Å². The van der Waals surface area contributed by atoms with Gasteiger partial charge in [-0.2, -0.15) is 5.10 Å². The highest BCUT2D eigenvalue weighted by atomic mass is 15.3. The lowest BCUT2D eigenvalue weighted by molar-refractivity contribution is 0.600. The van der Waals surface area contributed by atoms with Crippen molar-refractivity contribution in [3.63, 3.8) is 0 Å². The Kier molecular flexibility index (Phi) is 2.83. The van der Waals surface area contributed by atoms with E-state index in [1.165, 1.54) is 11.3 Å². The SMILES string of the molecule is CNC(CN)c1cnn(C)c1C. The highest BCUT2D eigenvalue weighted by Crippen LogP contribution is 2.14. The van der Waals surface area contributed by atoms with Crippen molar-refractivity contribution in [1.29, 1.82) is 0 Å². The van der Waals surface area contributed by atoms with E-state index in [9.17, 15) is 0 Å². The normalized spacial score (nSPS) is 13.3. The average Bonchev–Trinajstić information content (AvgIpc) is 2.38. The molecule has 12 heavy (non-hydrogen) atoms. The van der Waals surface area contributed by atoms with Gasteiger partial charge in [0.25, 0.3) is 0 Å². The molecule has 0 aliphatic carbocycles. The highest BCUT2D eigenvalue weighted by molar-refractivity contribution is 5.20. The summed E-state index contributed by atoms with van der Waals surface area (Å²) in [6, 6.07) is 0.221.